The molecule has 2 aromatic rings. The van der Waals surface area contributed by atoms with Gasteiger partial charge >= 0.3 is 0 Å². The third-order valence-electron chi connectivity index (χ3n) is 4.63. The van der Waals surface area contributed by atoms with Gasteiger partial charge in [0, 0.05) is 13.5 Å². The summed E-state index contributed by atoms with van der Waals surface area (Å²) in [5, 5.41) is 16.0. The molecule has 6 nitrogen and oxygen atoms in total. The maximum atomic E-state index is 12.8. The molecular formula is C18H25ClN4O2S. The summed E-state index contributed by atoms with van der Waals surface area (Å²) < 4.78 is 5.32. The number of ether oxygens (including phenoxy) is 1. The molecule has 1 aromatic heterocycles. The summed E-state index contributed by atoms with van der Waals surface area (Å²) in [5.74, 6) is -0.0196. The summed E-state index contributed by atoms with van der Waals surface area (Å²) in [5.41, 5.74) is 1.94. The van der Waals surface area contributed by atoms with Crippen LogP contribution >= 0.6 is 23.7 Å². The highest BCUT2D eigenvalue weighted by Gasteiger charge is 2.40. The van der Waals surface area contributed by atoms with Gasteiger partial charge < -0.3 is 10.1 Å². The molecule has 1 aliphatic heterocycles. The number of halogens is 1. The van der Waals surface area contributed by atoms with E-state index in [0.29, 0.717) is 11.7 Å². The zero-order chi connectivity index (χ0) is 17.7. The fraction of sp³-hybridized carbons (Fsp3) is 0.500. The summed E-state index contributed by atoms with van der Waals surface area (Å²) in [4.78, 5) is 12.8. The zero-order valence-corrected chi connectivity index (χ0v) is 16.7. The topological polar surface area (TPSA) is 76.1 Å². The Hall–Kier alpha value is -1.54. The highest BCUT2D eigenvalue weighted by molar-refractivity contribution is 7.15. The molecule has 0 radical (unpaired) electrons. The van der Waals surface area contributed by atoms with Crippen molar-refractivity contribution in [2.45, 2.75) is 26.2 Å². The summed E-state index contributed by atoms with van der Waals surface area (Å²) in [7, 11) is 1.64. The molecule has 2 heterocycles. The number of nitrogens with zero attached hydrogens (tertiary/aromatic N) is 2. The maximum absolute atomic E-state index is 12.8. The first-order chi connectivity index (χ1) is 12.1. The van der Waals surface area contributed by atoms with Crippen LogP contribution < -0.4 is 10.6 Å². The van der Waals surface area contributed by atoms with Crippen molar-refractivity contribution in [2.75, 3.05) is 32.1 Å². The normalized spacial score (nSPS) is 15.9. The van der Waals surface area contributed by atoms with E-state index >= 15 is 0 Å². The van der Waals surface area contributed by atoms with Crippen molar-refractivity contribution in [1.82, 2.24) is 15.5 Å². The van der Waals surface area contributed by atoms with Gasteiger partial charge in [0.05, 0.1) is 12.0 Å². The molecule has 2 N–H and O–H groups in total. The second kappa shape index (κ2) is 9.41. The monoisotopic (exact) mass is 396 g/mol. The van der Waals surface area contributed by atoms with E-state index in [1.54, 1.807) is 7.11 Å². The summed E-state index contributed by atoms with van der Waals surface area (Å²) in [6.07, 6.45) is 2.25. The van der Waals surface area contributed by atoms with Gasteiger partial charge in [0.1, 0.15) is 5.01 Å². The van der Waals surface area contributed by atoms with E-state index in [4.69, 9.17) is 4.74 Å². The molecule has 0 saturated carbocycles. The zero-order valence-electron chi connectivity index (χ0n) is 15.1. The minimum Gasteiger partial charge on any atom is -0.384 e. The van der Waals surface area contributed by atoms with Crippen LogP contribution in [0.2, 0.25) is 0 Å². The van der Waals surface area contributed by atoms with E-state index in [2.05, 4.69) is 52.0 Å². The lowest BCUT2D eigenvalue weighted by Gasteiger charge is -2.35. The van der Waals surface area contributed by atoms with Crippen LogP contribution in [0.25, 0.3) is 0 Å². The quantitative estimate of drug-likeness (QED) is 0.785. The van der Waals surface area contributed by atoms with E-state index in [1.165, 1.54) is 22.5 Å². The molecule has 0 atom stereocenters. The second-order valence-corrected chi connectivity index (χ2v) is 7.64. The Labute approximate surface area is 164 Å². The number of aryl methyl sites for hydroxylation is 1. The first-order valence-electron chi connectivity index (χ1n) is 8.50. The van der Waals surface area contributed by atoms with Gasteiger partial charge in [-0.15, -0.1) is 22.6 Å². The molecule has 1 aliphatic rings. The number of rotatable bonds is 6. The minimum absolute atomic E-state index is 0. The second-order valence-electron chi connectivity index (χ2n) is 6.58. The lowest BCUT2D eigenvalue weighted by molar-refractivity contribution is -0.130. The Balaban J connectivity index is 0.00000243. The molecule has 0 aliphatic carbocycles. The third-order valence-corrected chi connectivity index (χ3v) is 5.46. The van der Waals surface area contributed by atoms with Crippen molar-refractivity contribution in [3.63, 3.8) is 0 Å². The predicted octanol–water partition coefficient (Wildman–Crippen LogP) is 2.81. The Morgan fingerprint density at radius 3 is 2.62 bits per heavy atom. The van der Waals surface area contributed by atoms with Gasteiger partial charge in [0.25, 0.3) is 0 Å². The molecule has 1 aromatic carbocycles. The standard InChI is InChI=1S/C18H24N4O2S.ClH/c1-13-3-5-14(6-4-13)11-15-21-22-17(25-15)20-16(23)18(12-24-2)7-9-19-10-8-18;/h3-6,19H,7-12H2,1-2H3,(H,20,22,23);1H. The SMILES string of the molecule is COCC1(C(=O)Nc2nnc(Cc3ccc(C)cc3)s2)CCNCC1.Cl. The van der Waals surface area contributed by atoms with Crippen LogP contribution in [-0.2, 0) is 16.0 Å². The number of hydrogen-bond acceptors (Lipinski definition) is 6. The van der Waals surface area contributed by atoms with E-state index in [-0.39, 0.29) is 18.3 Å². The van der Waals surface area contributed by atoms with Crippen LogP contribution in [0.3, 0.4) is 0 Å². The van der Waals surface area contributed by atoms with Gasteiger partial charge in [0.15, 0.2) is 0 Å². The van der Waals surface area contributed by atoms with E-state index in [9.17, 15) is 4.79 Å². The smallest absolute Gasteiger partial charge is 0.234 e. The highest BCUT2D eigenvalue weighted by atomic mass is 35.5. The Morgan fingerprint density at radius 1 is 1.27 bits per heavy atom. The molecule has 3 rings (SSSR count). The highest BCUT2D eigenvalue weighted by Crippen LogP contribution is 2.31. The minimum atomic E-state index is -0.483. The summed E-state index contributed by atoms with van der Waals surface area (Å²) in [6, 6.07) is 8.37. The van der Waals surface area contributed by atoms with Crippen molar-refractivity contribution in [1.29, 1.82) is 0 Å². The molecule has 0 bridgehead atoms. The van der Waals surface area contributed by atoms with Crippen LogP contribution in [0.1, 0.15) is 29.0 Å². The number of hydrogen-bond donors (Lipinski definition) is 2. The molecule has 142 valence electrons. The molecule has 1 fully saturated rings. The maximum Gasteiger partial charge on any atom is 0.234 e. The van der Waals surface area contributed by atoms with Crippen LogP contribution in [-0.4, -0.2) is 42.9 Å². The van der Waals surface area contributed by atoms with E-state index in [0.717, 1.165) is 37.4 Å². The number of piperidine rings is 1. The fourth-order valence-electron chi connectivity index (χ4n) is 3.10. The average molecular weight is 397 g/mol. The van der Waals surface area contributed by atoms with Gasteiger partial charge in [-0.05, 0) is 38.4 Å². The number of nitrogens with one attached hydrogen (secondary N) is 2. The largest absolute Gasteiger partial charge is 0.384 e. The Bertz CT molecular complexity index is 709. The van der Waals surface area contributed by atoms with Gasteiger partial charge in [-0.1, -0.05) is 41.2 Å². The van der Waals surface area contributed by atoms with Gasteiger partial charge in [0.2, 0.25) is 11.0 Å². The van der Waals surface area contributed by atoms with Crippen molar-refractivity contribution in [3.8, 4) is 0 Å². The average Bonchev–Trinajstić information content (AvgIpc) is 3.05. The lowest BCUT2D eigenvalue weighted by Crippen LogP contribution is -2.47. The van der Waals surface area contributed by atoms with Crippen LogP contribution in [0.5, 0.6) is 0 Å². The number of aromatic nitrogens is 2. The molecule has 26 heavy (non-hydrogen) atoms. The number of carbonyl (C=O) groups is 1. The summed E-state index contributed by atoms with van der Waals surface area (Å²) in [6.45, 7) is 4.14. The molecule has 1 amide bonds. The fourth-order valence-corrected chi connectivity index (χ4v) is 3.87. The number of anilines is 1. The van der Waals surface area contributed by atoms with Crippen molar-refractivity contribution >= 4 is 34.8 Å². The number of methoxy groups -OCH3 is 1. The first-order valence-corrected chi connectivity index (χ1v) is 9.32. The van der Waals surface area contributed by atoms with Gasteiger partial charge in [-0.3, -0.25) is 10.1 Å². The lowest BCUT2D eigenvalue weighted by atomic mass is 9.79. The van der Waals surface area contributed by atoms with E-state index in [1.807, 2.05) is 0 Å². The summed E-state index contributed by atoms with van der Waals surface area (Å²) >= 11 is 1.43. The number of carbonyl (C=O) groups excluding carboxylic acids is 1. The van der Waals surface area contributed by atoms with Crippen LogP contribution in [0.4, 0.5) is 5.13 Å². The van der Waals surface area contributed by atoms with Crippen molar-refractivity contribution < 1.29 is 9.53 Å². The molecule has 8 heteroatoms. The number of benzene rings is 1. The first kappa shape index (κ1) is 20.8. The van der Waals surface area contributed by atoms with E-state index < -0.39 is 5.41 Å². The number of amides is 1. The van der Waals surface area contributed by atoms with Crippen LogP contribution in [0.15, 0.2) is 24.3 Å². The predicted molar refractivity (Wildman–Crippen MR) is 106 cm³/mol. The van der Waals surface area contributed by atoms with Crippen LogP contribution in [0, 0.1) is 12.3 Å². The molecule has 1 saturated heterocycles. The third kappa shape index (κ3) is 5.01. The molecule has 0 spiro atoms. The Kier molecular flexibility index (Phi) is 7.52. The van der Waals surface area contributed by atoms with Gasteiger partial charge in [-0.2, -0.15) is 0 Å². The van der Waals surface area contributed by atoms with Crippen molar-refractivity contribution in [2.24, 2.45) is 5.41 Å². The van der Waals surface area contributed by atoms with Crippen molar-refractivity contribution in [3.05, 3.63) is 40.4 Å². The molecular weight excluding hydrogens is 372 g/mol. The van der Waals surface area contributed by atoms with Gasteiger partial charge in [-0.25, -0.2) is 0 Å². The molecule has 0 unspecified atom stereocenters. The Morgan fingerprint density at radius 2 is 1.96 bits per heavy atom.